The standard InChI is InChI=1S/C21H28N4OS/c1-15-12-23-18(16(2)19(15)26-4)13-24-20(22-3)25-14-21(10-11-21)27-17-8-6-5-7-9-17/h5-9,12H,10-11,13-14H2,1-4H3,(H2,22,24,25). The minimum Gasteiger partial charge on any atom is -0.496 e. The van der Waals surface area contributed by atoms with Crippen molar-refractivity contribution in [1.82, 2.24) is 15.6 Å². The van der Waals surface area contributed by atoms with Crippen molar-refractivity contribution in [2.24, 2.45) is 4.99 Å². The number of nitrogens with one attached hydrogen (secondary N) is 2. The van der Waals surface area contributed by atoms with Gasteiger partial charge in [-0.05, 0) is 38.8 Å². The van der Waals surface area contributed by atoms with Gasteiger partial charge in [-0.15, -0.1) is 11.8 Å². The van der Waals surface area contributed by atoms with Crippen LogP contribution in [0.3, 0.4) is 0 Å². The number of hydrogen-bond acceptors (Lipinski definition) is 4. The Morgan fingerprint density at radius 3 is 2.59 bits per heavy atom. The average molecular weight is 385 g/mol. The smallest absolute Gasteiger partial charge is 0.191 e. The Kier molecular flexibility index (Phi) is 6.26. The van der Waals surface area contributed by atoms with Crippen LogP contribution in [0.15, 0.2) is 46.4 Å². The molecule has 2 aromatic rings. The van der Waals surface area contributed by atoms with Crippen molar-refractivity contribution in [2.45, 2.75) is 42.9 Å². The number of aromatic nitrogens is 1. The Morgan fingerprint density at radius 2 is 1.96 bits per heavy atom. The molecule has 0 radical (unpaired) electrons. The van der Waals surface area contributed by atoms with E-state index in [1.54, 1.807) is 14.2 Å². The van der Waals surface area contributed by atoms with Gasteiger partial charge in [-0.2, -0.15) is 0 Å². The largest absolute Gasteiger partial charge is 0.496 e. The van der Waals surface area contributed by atoms with E-state index in [1.807, 2.05) is 31.8 Å². The second kappa shape index (κ2) is 8.65. The van der Waals surface area contributed by atoms with Crippen molar-refractivity contribution in [3.05, 3.63) is 53.3 Å². The first-order valence-electron chi connectivity index (χ1n) is 9.24. The van der Waals surface area contributed by atoms with Crippen molar-refractivity contribution < 1.29 is 4.74 Å². The lowest BCUT2D eigenvalue weighted by Gasteiger charge is -2.19. The number of ether oxygens (including phenoxy) is 1. The first kappa shape index (κ1) is 19.5. The Bertz CT molecular complexity index is 803. The van der Waals surface area contributed by atoms with Crippen LogP contribution in [0.5, 0.6) is 5.75 Å². The summed E-state index contributed by atoms with van der Waals surface area (Å²) in [6.45, 7) is 5.56. The molecule has 0 spiro atoms. The fourth-order valence-electron chi connectivity index (χ4n) is 3.08. The molecule has 0 atom stereocenters. The number of methoxy groups -OCH3 is 1. The molecule has 1 saturated carbocycles. The summed E-state index contributed by atoms with van der Waals surface area (Å²) in [5.74, 6) is 1.71. The Labute approximate surface area is 166 Å². The molecule has 1 aromatic heterocycles. The number of benzene rings is 1. The third-order valence-corrected chi connectivity index (χ3v) is 6.35. The summed E-state index contributed by atoms with van der Waals surface area (Å²) < 4.78 is 5.77. The molecule has 0 bridgehead atoms. The number of rotatable bonds is 7. The molecule has 0 saturated heterocycles. The zero-order chi connectivity index (χ0) is 19.3. The third-order valence-electron chi connectivity index (χ3n) is 4.86. The van der Waals surface area contributed by atoms with Crippen LogP contribution in [0, 0.1) is 13.8 Å². The molecule has 1 fully saturated rings. The summed E-state index contributed by atoms with van der Waals surface area (Å²) >= 11 is 1.96. The molecule has 144 valence electrons. The molecule has 0 unspecified atom stereocenters. The highest BCUT2D eigenvalue weighted by atomic mass is 32.2. The minimum atomic E-state index is 0.278. The van der Waals surface area contributed by atoms with Gasteiger partial charge in [0.2, 0.25) is 0 Å². The van der Waals surface area contributed by atoms with Gasteiger partial charge in [-0.1, -0.05) is 18.2 Å². The lowest BCUT2D eigenvalue weighted by atomic mass is 10.1. The summed E-state index contributed by atoms with van der Waals surface area (Å²) in [7, 11) is 3.50. The van der Waals surface area contributed by atoms with Gasteiger partial charge in [-0.25, -0.2) is 0 Å². The molecule has 1 aliphatic rings. The van der Waals surface area contributed by atoms with Gasteiger partial charge in [-0.3, -0.25) is 9.98 Å². The topological polar surface area (TPSA) is 58.5 Å². The molecule has 6 heteroatoms. The Morgan fingerprint density at radius 1 is 1.22 bits per heavy atom. The van der Waals surface area contributed by atoms with Crippen LogP contribution in [-0.4, -0.2) is 36.4 Å². The van der Waals surface area contributed by atoms with E-state index in [0.29, 0.717) is 6.54 Å². The van der Waals surface area contributed by atoms with Crippen LogP contribution >= 0.6 is 11.8 Å². The van der Waals surface area contributed by atoms with Crippen LogP contribution in [0.25, 0.3) is 0 Å². The molecule has 0 aliphatic heterocycles. The zero-order valence-corrected chi connectivity index (χ0v) is 17.3. The highest BCUT2D eigenvalue weighted by Crippen LogP contribution is 2.51. The monoisotopic (exact) mass is 384 g/mol. The van der Waals surface area contributed by atoms with Gasteiger partial charge in [0.05, 0.1) is 19.3 Å². The Balaban J connectivity index is 1.55. The van der Waals surface area contributed by atoms with Crippen LogP contribution in [0.4, 0.5) is 0 Å². The SMILES string of the molecule is CN=C(NCc1ncc(C)c(OC)c1C)NCC1(Sc2ccccc2)CC1. The average Bonchev–Trinajstić information content (AvgIpc) is 3.44. The van der Waals surface area contributed by atoms with E-state index in [0.717, 1.165) is 35.1 Å². The van der Waals surface area contributed by atoms with Crippen molar-refractivity contribution in [1.29, 1.82) is 0 Å². The number of nitrogens with zero attached hydrogens (tertiary/aromatic N) is 2. The van der Waals surface area contributed by atoms with E-state index in [4.69, 9.17) is 4.74 Å². The van der Waals surface area contributed by atoms with E-state index < -0.39 is 0 Å². The third kappa shape index (κ3) is 4.95. The summed E-state index contributed by atoms with van der Waals surface area (Å²) in [6.07, 6.45) is 4.31. The van der Waals surface area contributed by atoms with Gasteiger partial charge in [0.1, 0.15) is 5.75 Å². The fraction of sp³-hybridized carbons (Fsp3) is 0.429. The van der Waals surface area contributed by atoms with E-state index in [2.05, 4.69) is 50.9 Å². The van der Waals surface area contributed by atoms with Crippen LogP contribution < -0.4 is 15.4 Å². The number of aryl methyl sites for hydroxylation is 1. The first-order chi connectivity index (χ1) is 13.1. The van der Waals surface area contributed by atoms with Gasteiger partial charge < -0.3 is 15.4 Å². The molecular weight excluding hydrogens is 356 g/mol. The number of hydrogen-bond donors (Lipinski definition) is 2. The predicted octanol–water partition coefficient (Wildman–Crippen LogP) is 3.70. The number of thioether (sulfide) groups is 1. The van der Waals surface area contributed by atoms with Crippen LogP contribution in [0.1, 0.15) is 29.7 Å². The first-order valence-corrected chi connectivity index (χ1v) is 10.1. The molecule has 27 heavy (non-hydrogen) atoms. The minimum absolute atomic E-state index is 0.278. The maximum Gasteiger partial charge on any atom is 0.191 e. The number of guanidine groups is 1. The quantitative estimate of drug-likeness (QED) is 0.563. The van der Waals surface area contributed by atoms with Crippen LogP contribution in [0.2, 0.25) is 0 Å². The predicted molar refractivity (Wildman–Crippen MR) is 113 cm³/mol. The van der Waals surface area contributed by atoms with Crippen molar-refractivity contribution in [3.8, 4) is 5.75 Å². The van der Waals surface area contributed by atoms with E-state index in [9.17, 15) is 0 Å². The maximum absolute atomic E-state index is 5.49. The normalized spacial score (nSPS) is 15.3. The second-order valence-corrected chi connectivity index (χ2v) is 8.47. The lowest BCUT2D eigenvalue weighted by Crippen LogP contribution is -2.41. The summed E-state index contributed by atoms with van der Waals surface area (Å²) in [5, 5.41) is 6.85. The molecular formula is C21H28N4OS. The van der Waals surface area contributed by atoms with Gasteiger partial charge in [0.15, 0.2) is 5.96 Å². The molecule has 2 N–H and O–H groups in total. The van der Waals surface area contributed by atoms with Gasteiger partial charge in [0.25, 0.3) is 0 Å². The van der Waals surface area contributed by atoms with E-state index >= 15 is 0 Å². The van der Waals surface area contributed by atoms with Crippen molar-refractivity contribution >= 4 is 17.7 Å². The summed E-state index contributed by atoms with van der Waals surface area (Å²) in [4.78, 5) is 10.2. The highest BCUT2D eigenvalue weighted by molar-refractivity contribution is 8.01. The fourth-order valence-corrected chi connectivity index (χ4v) is 4.32. The molecule has 3 rings (SSSR count). The second-order valence-electron chi connectivity index (χ2n) is 6.92. The zero-order valence-electron chi connectivity index (χ0n) is 16.5. The van der Waals surface area contributed by atoms with Crippen molar-refractivity contribution in [2.75, 3.05) is 20.7 Å². The Hall–Kier alpha value is -2.21. The molecule has 1 heterocycles. The molecule has 1 aliphatic carbocycles. The summed E-state index contributed by atoms with van der Waals surface area (Å²) in [5.41, 5.74) is 3.09. The number of pyridine rings is 1. The van der Waals surface area contributed by atoms with Gasteiger partial charge >= 0.3 is 0 Å². The molecule has 0 amide bonds. The number of aliphatic imine (C=N–C) groups is 1. The van der Waals surface area contributed by atoms with Gasteiger partial charge in [0, 0.05) is 40.6 Å². The van der Waals surface area contributed by atoms with E-state index in [1.165, 1.54) is 17.7 Å². The van der Waals surface area contributed by atoms with E-state index in [-0.39, 0.29) is 4.75 Å². The lowest BCUT2D eigenvalue weighted by molar-refractivity contribution is 0.406. The summed E-state index contributed by atoms with van der Waals surface area (Å²) in [6, 6.07) is 10.6. The maximum atomic E-state index is 5.49. The van der Waals surface area contributed by atoms with Crippen LogP contribution in [-0.2, 0) is 6.54 Å². The molecule has 1 aromatic carbocycles. The van der Waals surface area contributed by atoms with Crippen molar-refractivity contribution in [3.63, 3.8) is 0 Å². The highest BCUT2D eigenvalue weighted by Gasteiger charge is 2.43. The molecule has 5 nitrogen and oxygen atoms in total.